The van der Waals surface area contributed by atoms with Gasteiger partial charge in [-0.25, -0.2) is 0 Å². The fourth-order valence-corrected chi connectivity index (χ4v) is 1.99. The van der Waals surface area contributed by atoms with Crippen molar-refractivity contribution in [2.75, 3.05) is 53.0 Å². The minimum atomic E-state index is 0.0447. The highest BCUT2D eigenvalue weighted by Crippen LogP contribution is 2.06. The molecular weight excluding hydrogens is 218 g/mol. The van der Waals surface area contributed by atoms with E-state index in [1.165, 1.54) is 25.9 Å². The van der Waals surface area contributed by atoms with Crippen LogP contribution in [0, 0.1) is 0 Å². The molecular formula is C12H25N3O2. The third-order valence-corrected chi connectivity index (χ3v) is 2.94. The Kier molecular flexibility index (Phi) is 7.96. The van der Waals surface area contributed by atoms with E-state index in [9.17, 15) is 4.79 Å². The summed E-state index contributed by atoms with van der Waals surface area (Å²) in [5.74, 6) is 0.0447. The van der Waals surface area contributed by atoms with Crippen molar-refractivity contribution in [1.29, 1.82) is 0 Å². The summed E-state index contributed by atoms with van der Waals surface area (Å²) < 4.78 is 4.85. The second-order valence-corrected chi connectivity index (χ2v) is 4.42. The smallest absolute Gasteiger partial charge is 0.234 e. The number of carbonyl (C=O) groups excluding carboxylic acids is 1. The zero-order chi connectivity index (χ0) is 12.3. The Morgan fingerprint density at radius 1 is 1.29 bits per heavy atom. The second kappa shape index (κ2) is 9.39. The summed E-state index contributed by atoms with van der Waals surface area (Å²) >= 11 is 0. The molecule has 0 aliphatic carbocycles. The van der Waals surface area contributed by atoms with Crippen LogP contribution in [0.3, 0.4) is 0 Å². The van der Waals surface area contributed by atoms with Gasteiger partial charge in [0.2, 0.25) is 5.91 Å². The summed E-state index contributed by atoms with van der Waals surface area (Å²) in [6.07, 6.45) is 3.80. The van der Waals surface area contributed by atoms with Gasteiger partial charge < -0.3 is 20.3 Å². The summed E-state index contributed by atoms with van der Waals surface area (Å²) in [5, 5.41) is 5.94. The molecule has 1 aliphatic heterocycles. The molecule has 0 spiro atoms. The van der Waals surface area contributed by atoms with Crippen molar-refractivity contribution in [2.45, 2.75) is 19.3 Å². The SMILES string of the molecule is COCCNC(=O)CNCCCN1CCCC1. The van der Waals surface area contributed by atoms with Crippen LogP contribution in [0.4, 0.5) is 0 Å². The molecule has 0 unspecified atom stereocenters. The molecule has 100 valence electrons. The van der Waals surface area contributed by atoms with Gasteiger partial charge in [-0.05, 0) is 45.4 Å². The molecule has 0 aromatic heterocycles. The lowest BCUT2D eigenvalue weighted by molar-refractivity contribution is -0.120. The van der Waals surface area contributed by atoms with Crippen molar-refractivity contribution in [2.24, 2.45) is 0 Å². The molecule has 2 N–H and O–H groups in total. The van der Waals surface area contributed by atoms with Crippen molar-refractivity contribution < 1.29 is 9.53 Å². The molecule has 1 rings (SSSR count). The quantitative estimate of drug-likeness (QED) is 0.552. The number of nitrogens with zero attached hydrogens (tertiary/aromatic N) is 1. The van der Waals surface area contributed by atoms with Crippen LogP contribution in [-0.2, 0) is 9.53 Å². The van der Waals surface area contributed by atoms with Crippen LogP contribution in [0.5, 0.6) is 0 Å². The topological polar surface area (TPSA) is 53.6 Å². The molecule has 0 atom stereocenters. The lowest BCUT2D eigenvalue weighted by Crippen LogP contribution is -2.36. The fourth-order valence-electron chi connectivity index (χ4n) is 1.99. The molecule has 1 fully saturated rings. The van der Waals surface area contributed by atoms with Gasteiger partial charge >= 0.3 is 0 Å². The Bertz CT molecular complexity index is 206. The molecule has 5 nitrogen and oxygen atoms in total. The number of nitrogens with one attached hydrogen (secondary N) is 2. The van der Waals surface area contributed by atoms with Crippen molar-refractivity contribution >= 4 is 5.91 Å². The normalized spacial score (nSPS) is 16.3. The summed E-state index contributed by atoms with van der Waals surface area (Å²) in [5.41, 5.74) is 0. The van der Waals surface area contributed by atoms with E-state index in [-0.39, 0.29) is 5.91 Å². The van der Waals surface area contributed by atoms with E-state index >= 15 is 0 Å². The maximum absolute atomic E-state index is 11.3. The Balaban J connectivity index is 1.84. The maximum Gasteiger partial charge on any atom is 0.234 e. The van der Waals surface area contributed by atoms with E-state index in [1.807, 2.05) is 0 Å². The highest BCUT2D eigenvalue weighted by molar-refractivity contribution is 5.77. The largest absolute Gasteiger partial charge is 0.383 e. The van der Waals surface area contributed by atoms with Gasteiger partial charge in [-0.1, -0.05) is 0 Å². The number of hydrogen-bond donors (Lipinski definition) is 2. The second-order valence-electron chi connectivity index (χ2n) is 4.42. The molecule has 0 aromatic rings. The predicted molar refractivity (Wildman–Crippen MR) is 68.0 cm³/mol. The Morgan fingerprint density at radius 3 is 2.76 bits per heavy atom. The van der Waals surface area contributed by atoms with Crippen LogP contribution in [0.15, 0.2) is 0 Å². The first-order valence-corrected chi connectivity index (χ1v) is 6.51. The first-order chi connectivity index (χ1) is 8.33. The monoisotopic (exact) mass is 243 g/mol. The predicted octanol–water partition coefficient (Wildman–Crippen LogP) is -0.175. The average Bonchev–Trinajstić information content (AvgIpc) is 2.82. The van der Waals surface area contributed by atoms with Gasteiger partial charge in [0.25, 0.3) is 0 Å². The molecule has 1 amide bonds. The van der Waals surface area contributed by atoms with E-state index in [2.05, 4.69) is 15.5 Å². The summed E-state index contributed by atoms with van der Waals surface area (Å²) in [6.45, 7) is 6.12. The number of hydrogen-bond acceptors (Lipinski definition) is 4. The lowest BCUT2D eigenvalue weighted by Gasteiger charge is -2.14. The third-order valence-electron chi connectivity index (χ3n) is 2.94. The van der Waals surface area contributed by atoms with Gasteiger partial charge in [-0.2, -0.15) is 0 Å². The van der Waals surface area contributed by atoms with Crippen molar-refractivity contribution in [1.82, 2.24) is 15.5 Å². The zero-order valence-electron chi connectivity index (χ0n) is 10.8. The number of amides is 1. The molecule has 1 aliphatic rings. The lowest BCUT2D eigenvalue weighted by atomic mass is 10.4. The van der Waals surface area contributed by atoms with Gasteiger partial charge in [-0.15, -0.1) is 0 Å². The van der Waals surface area contributed by atoms with Crippen LogP contribution in [0.25, 0.3) is 0 Å². The number of methoxy groups -OCH3 is 1. The number of rotatable bonds is 9. The fraction of sp³-hybridized carbons (Fsp3) is 0.917. The van der Waals surface area contributed by atoms with Crippen LogP contribution in [0.1, 0.15) is 19.3 Å². The number of ether oxygens (including phenoxy) is 1. The molecule has 1 heterocycles. The van der Waals surface area contributed by atoms with Crippen LogP contribution >= 0.6 is 0 Å². The van der Waals surface area contributed by atoms with Crippen molar-refractivity contribution in [3.05, 3.63) is 0 Å². The molecule has 0 radical (unpaired) electrons. The first-order valence-electron chi connectivity index (χ1n) is 6.51. The van der Waals surface area contributed by atoms with Gasteiger partial charge in [0.15, 0.2) is 0 Å². The molecule has 0 bridgehead atoms. The summed E-state index contributed by atoms with van der Waals surface area (Å²) in [6, 6.07) is 0. The van der Waals surface area contributed by atoms with Crippen molar-refractivity contribution in [3.63, 3.8) is 0 Å². The molecule has 5 heteroatoms. The average molecular weight is 243 g/mol. The summed E-state index contributed by atoms with van der Waals surface area (Å²) in [7, 11) is 1.63. The van der Waals surface area contributed by atoms with E-state index in [4.69, 9.17) is 4.74 Å². The van der Waals surface area contributed by atoms with Gasteiger partial charge in [-0.3, -0.25) is 4.79 Å². The minimum absolute atomic E-state index is 0.0447. The van der Waals surface area contributed by atoms with Gasteiger partial charge in [0, 0.05) is 13.7 Å². The van der Waals surface area contributed by atoms with E-state index in [1.54, 1.807) is 7.11 Å². The molecule has 1 saturated heterocycles. The zero-order valence-corrected chi connectivity index (χ0v) is 10.8. The molecule has 0 saturated carbocycles. The standard InChI is InChI=1S/C12H25N3O2/c1-17-10-6-14-12(16)11-13-5-4-9-15-7-2-3-8-15/h13H,2-11H2,1H3,(H,14,16). The Labute approximate surface area is 104 Å². The maximum atomic E-state index is 11.3. The van der Waals surface area contributed by atoms with E-state index in [0.29, 0.717) is 19.7 Å². The van der Waals surface area contributed by atoms with E-state index < -0.39 is 0 Å². The highest BCUT2D eigenvalue weighted by atomic mass is 16.5. The van der Waals surface area contributed by atoms with Crippen molar-refractivity contribution in [3.8, 4) is 0 Å². The van der Waals surface area contributed by atoms with Crippen LogP contribution in [-0.4, -0.2) is 63.8 Å². The van der Waals surface area contributed by atoms with Crippen LogP contribution in [0.2, 0.25) is 0 Å². The number of likely N-dealkylation sites (tertiary alicyclic amines) is 1. The van der Waals surface area contributed by atoms with Crippen LogP contribution < -0.4 is 10.6 Å². The third kappa shape index (κ3) is 7.31. The highest BCUT2D eigenvalue weighted by Gasteiger charge is 2.09. The first kappa shape index (κ1) is 14.4. The van der Waals surface area contributed by atoms with E-state index in [0.717, 1.165) is 19.5 Å². The molecule has 17 heavy (non-hydrogen) atoms. The van der Waals surface area contributed by atoms with Gasteiger partial charge in [0.05, 0.1) is 13.2 Å². The Morgan fingerprint density at radius 2 is 2.06 bits per heavy atom. The van der Waals surface area contributed by atoms with Gasteiger partial charge in [0.1, 0.15) is 0 Å². The molecule has 0 aromatic carbocycles. The Hall–Kier alpha value is -0.650. The summed E-state index contributed by atoms with van der Waals surface area (Å²) in [4.78, 5) is 13.8. The number of carbonyl (C=O) groups is 1. The minimum Gasteiger partial charge on any atom is -0.383 e.